The van der Waals surface area contributed by atoms with E-state index in [-0.39, 0.29) is 5.91 Å². The maximum Gasteiger partial charge on any atom is 0.276 e. The van der Waals surface area contributed by atoms with E-state index < -0.39 is 0 Å². The number of aryl methyl sites for hydroxylation is 1. The fourth-order valence-corrected chi connectivity index (χ4v) is 4.01. The van der Waals surface area contributed by atoms with Crippen molar-refractivity contribution in [2.24, 2.45) is 5.92 Å². The molecule has 0 spiro atoms. The first-order chi connectivity index (χ1) is 12.3. The second kappa shape index (κ2) is 7.02. The van der Waals surface area contributed by atoms with E-state index >= 15 is 0 Å². The minimum Gasteiger partial charge on any atom is -0.448 e. The van der Waals surface area contributed by atoms with Gasteiger partial charge in [-0.3, -0.25) is 4.79 Å². The lowest BCUT2D eigenvalue weighted by atomic mass is 9.85. The highest BCUT2D eigenvalue weighted by atomic mass is 16.3. The number of oxazole rings is 1. The van der Waals surface area contributed by atoms with Crippen molar-refractivity contribution in [2.75, 3.05) is 13.1 Å². The minimum atomic E-state index is -0.00704. The molecule has 1 atom stereocenters. The van der Waals surface area contributed by atoms with Crippen molar-refractivity contribution in [1.82, 2.24) is 19.4 Å². The van der Waals surface area contributed by atoms with Crippen LogP contribution in [0.1, 0.15) is 67.0 Å². The third-order valence-corrected chi connectivity index (χ3v) is 5.67. The lowest BCUT2D eigenvalue weighted by Gasteiger charge is -2.33. The molecule has 2 aliphatic rings. The standard InChI is InChI=1S/C19H26N4O2/c1-2-16-17(21-13-25-16)19(24)23-9-4-7-15(12-23)18-20-8-10-22(18)11-14-5-3-6-14/h8,10,13-15H,2-7,9,11-12H2,1H3/t15-/m1/s1. The number of rotatable bonds is 5. The van der Waals surface area contributed by atoms with E-state index in [0.29, 0.717) is 23.8 Å². The lowest BCUT2D eigenvalue weighted by molar-refractivity contribution is 0.0695. The van der Waals surface area contributed by atoms with Crippen molar-refractivity contribution in [3.05, 3.63) is 36.1 Å². The molecule has 1 saturated carbocycles. The van der Waals surface area contributed by atoms with Gasteiger partial charge in [-0.2, -0.15) is 0 Å². The molecular weight excluding hydrogens is 316 g/mol. The number of likely N-dealkylation sites (tertiary alicyclic amines) is 1. The third kappa shape index (κ3) is 3.22. The Bertz CT molecular complexity index is 731. The Hall–Kier alpha value is -2.11. The molecule has 1 saturated heterocycles. The van der Waals surface area contributed by atoms with Crippen LogP contribution in [0.2, 0.25) is 0 Å². The highest BCUT2D eigenvalue weighted by molar-refractivity contribution is 5.93. The Labute approximate surface area is 148 Å². The molecule has 0 radical (unpaired) electrons. The van der Waals surface area contributed by atoms with Crippen molar-refractivity contribution < 1.29 is 9.21 Å². The lowest BCUT2D eigenvalue weighted by Crippen LogP contribution is -2.40. The van der Waals surface area contributed by atoms with Crippen LogP contribution >= 0.6 is 0 Å². The maximum absolute atomic E-state index is 12.9. The van der Waals surface area contributed by atoms with Crippen LogP contribution in [0.5, 0.6) is 0 Å². The van der Waals surface area contributed by atoms with Crippen molar-refractivity contribution in [3.8, 4) is 0 Å². The molecule has 4 rings (SSSR count). The average Bonchev–Trinajstić information content (AvgIpc) is 3.26. The van der Waals surface area contributed by atoms with Gasteiger partial charge in [0.1, 0.15) is 11.6 Å². The van der Waals surface area contributed by atoms with Crippen LogP contribution < -0.4 is 0 Å². The van der Waals surface area contributed by atoms with Crippen molar-refractivity contribution in [1.29, 1.82) is 0 Å². The average molecular weight is 342 g/mol. The molecule has 2 fully saturated rings. The number of piperidine rings is 1. The van der Waals surface area contributed by atoms with Gasteiger partial charge in [0, 0.05) is 44.4 Å². The zero-order valence-corrected chi connectivity index (χ0v) is 14.9. The van der Waals surface area contributed by atoms with Gasteiger partial charge in [-0.05, 0) is 31.6 Å². The van der Waals surface area contributed by atoms with E-state index in [9.17, 15) is 4.79 Å². The van der Waals surface area contributed by atoms with Crippen LogP contribution in [0.4, 0.5) is 0 Å². The summed E-state index contributed by atoms with van der Waals surface area (Å²) in [6.07, 6.45) is 12.2. The molecule has 25 heavy (non-hydrogen) atoms. The number of imidazole rings is 1. The van der Waals surface area contributed by atoms with Crippen LogP contribution in [0.25, 0.3) is 0 Å². The molecule has 134 valence electrons. The molecule has 1 aliphatic heterocycles. The van der Waals surface area contributed by atoms with E-state index in [1.807, 2.05) is 18.0 Å². The van der Waals surface area contributed by atoms with Crippen molar-refractivity contribution in [3.63, 3.8) is 0 Å². The quantitative estimate of drug-likeness (QED) is 0.837. The number of aromatic nitrogens is 3. The van der Waals surface area contributed by atoms with Crippen molar-refractivity contribution in [2.45, 2.75) is 57.9 Å². The topological polar surface area (TPSA) is 64.2 Å². The second-order valence-electron chi connectivity index (χ2n) is 7.30. The number of carbonyl (C=O) groups excluding carboxylic acids is 1. The molecule has 6 nitrogen and oxygen atoms in total. The molecule has 6 heteroatoms. The highest BCUT2D eigenvalue weighted by Gasteiger charge is 2.30. The van der Waals surface area contributed by atoms with Gasteiger partial charge in [-0.15, -0.1) is 0 Å². The van der Waals surface area contributed by atoms with Gasteiger partial charge in [0.25, 0.3) is 5.91 Å². The summed E-state index contributed by atoms with van der Waals surface area (Å²) in [5.41, 5.74) is 0.473. The van der Waals surface area contributed by atoms with Crippen molar-refractivity contribution >= 4 is 5.91 Å². The summed E-state index contributed by atoms with van der Waals surface area (Å²) in [5, 5.41) is 0. The fraction of sp³-hybridized carbons (Fsp3) is 0.632. The Morgan fingerprint density at radius 1 is 1.28 bits per heavy atom. The van der Waals surface area contributed by atoms with Gasteiger partial charge in [-0.25, -0.2) is 9.97 Å². The number of carbonyl (C=O) groups is 1. The van der Waals surface area contributed by atoms with Gasteiger partial charge >= 0.3 is 0 Å². The number of hydrogen-bond acceptors (Lipinski definition) is 4. The molecule has 2 aromatic heterocycles. The zero-order chi connectivity index (χ0) is 17.2. The van der Waals surface area contributed by atoms with Gasteiger partial charge in [0.15, 0.2) is 12.1 Å². The number of hydrogen-bond donors (Lipinski definition) is 0. The molecule has 1 aliphatic carbocycles. The van der Waals surface area contributed by atoms with E-state index in [2.05, 4.69) is 20.7 Å². The maximum atomic E-state index is 12.9. The highest BCUT2D eigenvalue weighted by Crippen LogP contribution is 2.31. The molecule has 0 aromatic carbocycles. The first kappa shape index (κ1) is 16.4. The van der Waals surface area contributed by atoms with E-state index in [4.69, 9.17) is 4.42 Å². The Kier molecular flexibility index (Phi) is 4.59. The van der Waals surface area contributed by atoms with Gasteiger partial charge in [-0.1, -0.05) is 13.3 Å². The van der Waals surface area contributed by atoms with E-state index in [1.54, 1.807) is 0 Å². The van der Waals surface area contributed by atoms with Gasteiger partial charge in [0.2, 0.25) is 0 Å². The largest absolute Gasteiger partial charge is 0.448 e. The summed E-state index contributed by atoms with van der Waals surface area (Å²) in [6, 6.07) is 0. The second-order valence-corrected chi connectivity index (χ2v) is 7.30. The predicted octanol–water partition coefficient (Wildman–Crippen LogP) is 3.25. The smallest absolute Gasteiger partial charge is 0.276 e. The van der Waals surface area contributed by atoms with Gasteiger partial charge < -0.3 is 13.9 Å². The monoisotopic (exact) mass is 342 g/mol. The van der Waals surface area contributed by atoms with E-state index in [1.165, 1.54) is 25.7 Å². The summed E-state index contributed by atoms with van der Waals surface area (Å²) in [4.78, 5) is 23.6. The summed E-state index contributed by atoms with van der Waals surface area (Å²) in [7, 11) is 0. The Morgan fingerprint density at radius 2 is 2.16 bits per heavy atom. The third-order valence-electron chi connectivity index (χ3n) is 5.67. The molecule has 0 unspecified atom stereocenters. The molecular formula is C19H26N4O2. The summed E-state index contributed by atoms with van der Waals surface area (Å²) < 4.78 is 7.65. The summed E-state index contributed by atoms with van der Waals surface area (Å²) >= 11 is 0. The normalized spacial score (nSPS) is 21.3. The SMILES string of the molecule is CCc1ocnc1C(=O)N1CCC[C@@H](c2nccn2CC2CCC2)C1. The predicted molar refractivity (Wildman–Crippen MR) is 93.3 cm³/mol. The summed E-state index contributed by atoms with van der Waals surface area (Å²) in [5.74, 6) is 2.92. The molecule has 0 N–H and O–H groups in total. The van der Waals surface area contributed by atoms with Gasteiger partial charge in [0.05, 0.1) is 0 Å². The summed E-state index contributed by atoms with van der Waals surface area (Å²) in [6.45, 7) is 4.56. The van der Waals surface area contributed by atoms with E-state index in [0.717, 1.165) is 44.2 Å². The Morgan fingerprint density at radius 3 is 2.92 bits per heavy atom. The molecule has 0 bridgehead atoms. The number of amides is 1. The molecule has 3 heterocycles. The first-order valence-corrected chi connectivity index (χ1v) is 9.49. The van der Waals surface area contributed by atoms with Crippen LogP contribution in [-0.2, 0) is 13.0 Å². The van der Waals surface area contributed by atoms with Crippen LogP contribution in [0, 0.1) is 5.92 Å². The minimum absolute atomic E-state index is 0.00704. The van der Waals surface area contributed by atoms with Crippen LogP contribution in [0.15, 0.2) is 23.2 Å². The molecule has 1 amide bonds. The fourth-order valence-electron chi connectivity index (χ4n) is 4.01. The number of nitrogens with zero attached hydrogens (tertiary/aromatic N) is 4. The molecule has 2 aromatic rings. The van der Waals surface area contributed by atoms with Crippen LogP contribution in [-0.4, -0.2) is 38.4 Å². The first-order valence-electron chi connectivity index (χ1n) is 9.49. The van der Waals surface area contributed by atoms with Crippen LogP contribution in [0.3, 0.4) is 0 Å². The zero-order valence-electron chi connectivity index (χ0n) is 14.9. The Balaban J connectivity index is 1.48.